The van der Waals surface area contributed by atoms with Crippen molar-refractivity contribution in [3.8, 4) is 0 Å². The summed E-state index contributed by atoms with van der Waals surface area (Å²) in [5, 5.41) is 8.61. The Morgan fingerprint density at radius 2 is 2.40 bits per heavy atom. The first-order valence-corrected chi connectivity index (χ1v) is 3.17. The molecular weight excluding hydrogens is 130 g/mol. The minimum Gasteiger partial charge on any atom is -0.465 e. The average Bonchev–Trinajstić information content (AvgIpc) is 2.34. The Balaban J connectivity index is 2.74. The summed E-state index contributed by atoms with van der Waals surface area (Å²) in [5.74, 6) is 1.46. The molecule has 0 aliphatic rings. The Morgan fingerprint density at radius 1 is 1.70 bits per heavy atom. The van der Waals surface area contributed by atoms with Crippen LogP contribution < -0.4 is 5.73 Å². The molecule has 0 saturated heterocycles. The van der Waals surface area contributed by atoms with Gasteiger partial charge < -0.3 is 15.3 Å². The molecule has 56 valence electrons. The molecule has 1 aromatic rings. The molecule has 1 aromatic heterocycles. The number of furan rings is 1. The number of aliphatic hydroxyl groups is 1. The summed E-state index contributed by atoms with van der Waals surface area (Å²) in [4.78, 5) is 0. The van der Waals surface area contributed by atoms with Crippen molar-refractivity contribution in [2.45, 2.75) is 13.0 Å². The minimum absolute atomic E-state index is 0.0764. The van der Waals surface area contributed by atoms with Crippen LogP contribution in [0.1, 0.15) is 17.6 Å². The number of hydrogen-bond donors (Lipinski definition) is 2. The SMILES string of the molecule is Cc1ccc([C@@H](N)CO)o1. The van der Waals surface area contributed by atoms with Crippen molar-refractivity contribution in [3.63, 3.8) is 0 Å². The molecule has 0 aliphatic heterocycles. The summed E-state index contributed by atoms with van der Waals surface area (Å²) in [6, 6.07) is 3.22. The highest BCUT2D eigenvalue weighted by Gasteiger charge is 2.06. The van der Waals surface area contributed by atoms with Gasteiger partial charge in [0.05, 0.1) is 12.6 Å². The quantitative estimate of drug-likeness (QED) is 0.633. The van der Waals surface area contributed by atoms with E-state index in [-0.39, 0.29) is 12.6 Å². The molecule has 3 N–H and O–H groups in total. The van der Waals surface area contributed by atoms with Gasteiger partial charge in [0.15, 0.2) is 0 Å². The van der Waals surface area contributed by atoms with Crippen LogP contribution in [0.2, 0.25) is 0 Å². The monoisotopic (exact) mass is 141 g/mol. The van der Waals surface area contributed by atoms with Gasteiger partial charge in [0.25, 0.3) is 0 Å². The zero-order chi connectivity index (χ0) is 7.56. The molecule has 1 heterocycles. The molecule has 1 atom stereocenters. The number of aliphatic hydroxyl groups excluding tert-OH is 1. The molecule has 0 fully saturated rings. The Kier molecular flexibility index (Phi) is 2.09. The maximum atomic E-state index is 8.61. The van der Waals surface area contributed by atoms with Crippen molar-refractivity contribution >= 4 is 0 Å². The van der Waals surface area contributed by atoms with Crippen molar-refractivity contribution in [1.82, 2.24) is 0 Å². The van der Waals surface area contributed by atoms with Crippen LogP contribution in [-0.2, 0) is 0 Å². The van der Waals surface area contributed by atoms with E-state index in [1.807, 2.05) is 13.0 Å². The molecule has 0 aliphatic carbocycles. The van der Waals surface area contributed by atoms with Gasteiger partial charge in [-0.1, -0.05) is 0 Å². The smallest absolute Gasteiger partial charge is 0.123 e. The first kappa shape index (κ1) is 7.31. The summed E-state index contributed by atoms with van der Waals surface area (Å²) >= 11 is 0. The summed E-state index contributed by atoms with van der Waals surface area (Å²) in [5.41, 5.74) is 5.46. The van der Waals surface area contributed by atoms with Crippen molar-refractivity contribution in [3.05, 3.63) is 23.7 Å². The van der Waals surface area contributed by atoms with E-state index < -0.39 is 0 Å². The maximum Gasteiger partial charge on any atom is 0.123 e. The van der Waals surface area contributed by atoms with E-state index in [0.29, 0.717) is 5.76 Å². The fourth-order valence-electron chi connectivity index (χ4n) is 0.743. The number of aryl methyl sites for hydroxylation is 1. The molecule has 0 bridgehead atoms. The predicted octanol–water partition coefficient (Wildman–Crippen LogP) is 0.580. The number of hydrogen-bond acceptors (Lipinski definition) is 3. The number of rotatable bonds is 2. The highest BCUT2D eigenvalue weighted by atomic mass is 16.3. The van der Waals surface area contributed by atoms with Gasteiger partial charge in [-0.15, -0.1) is 0 Å². The lowest BCUT2D eigenvalue weighted by molar-refractivity contribution is 0.250. The first-order valence-electron chi connectivity index (χ1n) is 3.17. The Labute approximate surface area is 59.5 Å². The molecule has 0 spiro atoms. The van der Waals surface area contributed by atoms with Crippen molar-refractivity contribution in [1.29, 1.82) is 0 Å². The van der Waals surface area contributed by atoms with Crippen LogP contribution in [0.4, 0.5) is 0 Å². The van der Waals surface area contributed by atoms with Crippen LogP contribution >= 0.6 is 0 Å². The lowest BCUT2D eigenvalue weighted by atomic mass is 10.2. The summed E-state index contributed by atoms with van der Waals surface area (Å²) in [7, 11) is 0. The molecule has 0 aromatic carbocycles. The van der Waals surface area contributed by atoms with Gasteiger partial charge in [-0.05, 0) is 19.1 Å². The largest absolute Gasteiger partial charge is 0.465 e. The van der Waals surface area contributed by atoms with Gasteiger partial charge in [-0.3, -0.25) is 0 Å². The van der Waals surface area contributed by atoms with Crippen LogP contribution in [0.5, 0.6) is 0 Å². The van der Waals surface area contributed by atoms with E-state index in [1.54, 1.807) is 6.07 Å². The Hall–Kier alpha value is -0.800. The second kappa shape index (κ2) is 2.86. The molecule has 0 saturated carbocycles. The second-order valence-corrected chi connectivity index (χ2v) is 2.24. The standard InChI is InChI=1S/C7H11NO2/c1-5-2-3-7(10-5)6(8)4-9/h2-3,6,9H,4,8H2,1H3/t6-/m0/s1. The third-order valence-electron chi connectivity index (χ3n) is 1.32. The van der Waals surface area contributed by atoms with E-state index in [0.717, 1.165) is 5.76 Å². The van der Waals surface area contributed by atoms with E-state index in [4.69, 9.17) is 15.3 Å². The lowest BCUT2D eigenvalue weighted by Gasteiger charge is -2.01. The molecule has 0 unspecified atom stereocenters. The third kappa shape index (κ3) is 1.37. The summed E-state index contributed by atoms with van der Waals surface area (Å²) in [6.07, 6.45) is 0. The van der Waals surface area contributed by atoms with Crippen LogP contribution in [0.15, 0.2) is 16.5 Å². The lowest BCUT2D eigenvalue weighted by Crippen LogP contribution is -2.13. The number of nitrogens with two attached hydrogens (primary N) is 1. The van der Waals surface area contributed by atoms with Crippen molar-refractivity contribution in [2.24, 2.45) is 5.73 Å². The Morgan fingerprint density at radius 3 is 2.80 bits per heavy atom. The van der Waals surface area contributed by atoms with Gasteiger partial charge in [0, 0.05) is 0 Å². The fourth-order valence-corrected chi connectivity index (χ4v) is 0.743. The normalized spacial score (nSPS) is 13.5. The minimum atomic E-state index is -0.381. The summed E-state index contributed by atoms with van der Waals surface area (Å²) < 4.78 is 5.15. The molecule has 0 amide bonds. The molecule has 3 heteroatoms. The predicted molar refractivity (Wildman–Crippen MR) is 37.5 cm³/mol. The van der Waals surface area contributed by atoms with Crippen molar-refractivity contribution in [2.75, 3.05) is 6.61 Å². The topological polar surface area (TPSA) is 59.4 Å². The van der Waals surface area contributed by atoms with Crippen LogP contribution in [-0.4, -0.2) is 11.7 Å². The van der Waals surface area contributed by atoms with Gasteiger partial charge in [0.2, 0.25) is 0 Å². The highest BCUT2D eigenvalue weighted by Crippen LogP contribution is 2.12. The zero-order valence-electron chi connectivity index (χ0n) is 5.87. The van der Waals surface area contributed by atoms with Crippen LogP contribution in [0, 0.1) is 6.92 Å². The Bertz CT molecular complexity index is 207. The van der Waals surface area contributed by atoms with Crippen LogP contribution in [0.25, 0.3) is 0 Å². The van der Waals surface area contributed by atoms with E-state index in [9.17, 15) is 0 Å². The van der Waals surface area contributed by atoms with Gasteiger partial charge in [-0.25, -0.2) is 0 Å². The average molecular weight is 141 g/mol. The van der Waals surface area contributed by atoms with Gasteiger partial charge in [0.1, 0.15) is 11.5 Å². The first-order chi connectivity index (χ1) is 4.74. The van der Waals surface area contributed by atoms with Gasteiger partial charge >= 0.3 is 0 Å². The molecular formula is C7H11NO2. The van der Waals surface area contributed by atoms with Gasteiger partial charge in [-0.2, -0.15) is 0 Å². The molecule has 1 rings (SSSR count). The molecule has 3 nitrogen and oxygen atoms in total. The third-order valence-corrected chi connectivity index (χ3v) is 1.32. The van der Waals surface area contributed by atoms with E-state index >= 15 is 0 Å². The summed E-state index contributed by atoms with van der Waals surface area (Å²) in [6.45, 7) is 1.76. The molecule has 10 heavy (non-hydrogen) atoms. The van der Waals surface area contributed by atoms with E-state index in [1.165, 1.54) is 0 Å². The van der Waals surface area contributed by atoms with Crippen LogP contribution in [0.3, 0.4) is 0 Å². The second-order valence-electron chi connectivity index (χ2n) is 2.24. The molecule has 0 radical (unpaired) electrons. The van der Waals surface area contributed by atoms with Crippen molar-refractivity contribution < 1.29 is 9.52 Å². The highest BCUT2D eigenvalue weighted by molar-refractivity contribution is 5.08. The zero-order valence-corrected chi connectivity index (χ0v) is 5.87. The van der Waals surface area contributed by atoms with E-state index in [2.05, 4.69) is 0 Å². The fraction of sp³-hybridized carbons (Fsp3) is 0.429. The maximum absolute atomic E-state index is 8.61.